The zero-order valence-corrected chi connectivity index (χ0v) is 12.1. The average molecular weight is 360 g/mol. The Kier molecular flexibility index (Phi) is 4.32. The van der Waals surface area contributed by atoms with Gasteiger partial charge in [-0.3, -0.25) is 10.1 Å². The number of nitrogens with two attached hydrogens (primary N) is 1. The molecule has 20 heavy (non-hydrogen) atoms. The minimum Gasteiger partial charge on any atom is -0.333 e. The van der Waals surface area contributed by atoms with Crippen molar-refractivity contribution in [2.75, 3.05) is 10.7 Å². The Morgan fingerprint density at radius 3 is 2.70 bits per heavy atom. The van der Waals surface area contributed by atoms with E-state index in [-0.39, 0.29) is 17.3 Å². The van der Waals surface area contributed by atoms with Crippen LogP contribution in [0.15, 0.2) is 29.0 Å². The van der Waals surface area contributed by atoms with E-state index in [4.69, 9.17) is 17.4 Å². The molecule has 0 radical (unpaired) electrons. The minimum atomic E-state index is -0.629. The smallest absolute Gasteiger partial charge is 0.333 e. The molecular formula is C10H8BrClN6O2. The van der Waals surface area contributed by atoms with E-state index >= 15 is 0 Å². The number of hydrogen-bond acceptors (Lipinski definition) is 7. The first-order valence-corrected chi connectivity index (χ1v) is 6.38. The Morgan fingerprint density at radius 2 is 2.05 bits per heavy atom. The van der Waals surface area contributed by atoms with Gasteiger partial charge in [-0.05, 0) is 34.1 Å². The molecule has 1 aromatic heterocycles. The van der Waals surface area contributed by atoms with Crippen molar-refractivity contribution >= 4 is 50.5 Å². The van der Waals surface area contributed by atoms with Gasteiger partial charge in [0.25, 0.3) is 0 Å². The lowest BCUT2D eigenvalue weighted by Crippen LogP contribution is -2.12. The van der Waals surface area contributed by atoms with Crippen LogP contribution in [0.5, 0.6) is 0 Å². The molecule has 1 aromatic carbocycles. The molecule has 0 unspecified atom stereocenters. The number of nitrogens with one attached hydrogen (secondary N) is 2. The number of anilines is 3. The van der Waals surface area contributed by atoms with Crippen molar-refractivity contribution in [2.24, 2.45) is 5.84 Å². The van der Waals surface area contributed by atoms with Crippen molar-refractivity contribution in [3.05, 3.63) is 44.1 Å². The maximum Gasteiger partial charge on any atom is 0.354 e. The summed E-state index contributed by atoms with van der Waals surface area (Å²) in [5.41, 5.74) is 2.33. The maximum atomic E-state index is 11.1. The highest BCUT2D eigenvalue weighted by molar-refractivity contribution is 9.10. The molecule has 0 aliphatic rings. The number of benzene rings is 1. The molecule has 2 aromatic rings. The fourth-order valence-corrected chi connectivity index (χ4v) is 1.99. The predicted molar refractivity (Wildman–Crippen MR) is 78.9 cm³/mol. The van der Waals surface area contributed by atoms with E-state index in [2.05, 4.69) is 36.6 Å². The SMILES string of the molecule is NNc1ncnc(Nc2cc(Cl)ccc2Br)c1[N+](=O)[O-]. The third kappa shape index (κ3) is 2.95. The molecule has 1 heterocycles. The molecule has 0 aliphatic carbocycles. The highest BCUT2D eigenvalue weighted by Crippen LogP contribution is 2.34. The van der Waals surface area contributed by atoms with Gasteiger partial charge in [0.15, 0.2) is 0 Å². The monoisotopic (exact) mass is 358 g/mol. The minimum absolute atomic E-state index is 0.000849. The second-order valence-electron chi connectivity index (χ2n) is 3.57. The van der Waals surface area contributed by atoms with Crippen molar-refractivity contribution in [3.8, 4) is 0 Å². The second-order valence-corrected chi connectivity index (χ2v) is 4.86. The summed E-state index contributed by atoms with van der Waals surface area (Å²) in [5, 5.41) is 14.4. The number of nitrogen functional groups attached to an aromatic ring is 1. The average Bonchev–Trinajstić information content (AvgIpc) is 2.42. The molecule has 0 atom stereocenters. The van der Waals surface area contributed by atoms with Crippen LogP contribution < -0.4 is 16.6 Å². The molecule has 0 amide bonds. The Hall–Kier alpha value is -1.97. The highest BCUT2D eigenvalue weighted by Gasteiger charge is 2.23. The molecule has 104 valence electrons. The summed E-state index contributed by atoms with van der Waals surface area (Å²) in [5.74, 6) is 5.11. The van der Waals surface area contributed by atoms with E-state index < -0.39 is 4.92 Å². The lowest BCUT2D eigenvalue weighted by molar-refractivity contribution is -0.383. The van der Waals surface area contributed by atoms with Gasteiger partial charge in [0, 0.05) is 9.50 Å². The van der Waals surface area contributed by atoms with E-state index in [9.17, 15) is 10.1 Å². The topological polar surface area (TPSA) is 119 Å². The summed E-state index contributed by atoms with van der Waals surface area (Å²) in [7, 11) is 0. The van der Waals surface area contributed by atoms with E-state index in [1.807, 2.05) is 0 Å². The normalized spacial score (nSPS) is 10.2. The lowest BCUT2D eigenvalue weighted by Gasteiger charge is -2.09. The van der Waals surface area contributed by atoms with Crippen molar-refractivity contribution < 1.29 is 4.92 Å². The van der Waals surface area contributed by atoms with Gasteiger partial charge in [-0.1, -0.05) is 11.6 Å². The number of rotatable bonds is 4. The summed E-state index contributed by atoms with van der Waals surface area (Å²) in [6.45, 7) is 0. The van der Waals surface area contributed by atoms with Gasteiger partial charge in [-0.2, -0.15) is 0 Å². The van der Waals surface area contributed by atoms with Crippen LogP contribution in [0.2, 0.25) is 5.02 Å². The first kappa shape index (κ1) is 14.4. The zero-order chi connectivity index (χ0) is 14.7. The summed E-state index contributed by atoms with van der Waals surface area (Å²) in [6.07, 6.45) is 1.16. The zero-order valence-electron chi connectivity index (χ0n) is 9.80. The molecule has 0 aliphatic heterocycles. The van der Waals surface area contributed by atoms with E-state index in [0.29, 0.717) is 15.2 Å². The third-order valence-corrected chi connectivity index (χ3v) is 3.25. The highest BCUT2D eigenvalue weighted by atomic mass is 79.9. The van der Waals surface area contributed by atoms with Gasteiger partial charge < -0.3 is 10.7 Å². The molecule has 8 nitrogen and oxygen atoms in total. The van der Waals surface area contributed by atoms with Crippen LogP contribution in [0.25, 0.3) is 0 Å². The summed E-state index contributed by atoms with van der Waals surface area (Å²) < 4.78 is 0.678. The summed E-state index contributed by atoms with van der Waals surface area (Å²) >= 11 is 9.19. The second kappa shape index (κ2) is 5.99. The lowest BCUT2D eigenvalue weighted by atomic mass is 10.3. The summed E-state index contributed by atoms with van der Waals surface area (Å²) in [4.78, 5) is 18.0. The number of nitro groups is 1. The molecule has 0 saturated heterocycles. The van der Waals surface area contributed by atoms with Crippen molar-refractivity contribution in [1.82, 2.24) is 9.97 Å². The number of halogens is 2. The van der Waals surface area contributed by atoms with Gasteiger partial charge >= 0.3 is 5.69 Å². The van der Waals surface area contributed by atoms with Gasteiger partial charge in [0.05, 0.1) is 10.6 Å². The molecule has 0 saturated carbocycles. The van der Waals surface area contributed by atoms with Crippen LogP contribution in [0.3, 0.4) is 0 Å². The van der Waals surface area contributed by atoms with E-state index in [0.717, 1.165) is 6.33 Å². The number of nitrogens with zero attached hydrogens (tertiary/aromatic N) is 3. The van der Waals surface area contributed by atoms with Gasteiger partial charge in [-0.15, -0.1) is 0 Å². The molecule has 0 spiro atoms. The third-order valence-electron chi connectivity index (χ3n) is 2.32. The van der Waals surface area contributed by atoms with Crippen LogP contribution in [0.1, 0.15) is 0 Å². The van der Waals surface area contributed by atoms with Crippen LogP contribution in [0, 0.1) is 10.1 Å². The Morgan fingerprint density at radius 1 is 1.35 bits per heavy atom. The van der Waals surface area contributed by atoms with Crippen molar-refractivity contribution in [3.63, 3.8) is 0 Å². The number of hydrogen-bond donors (Lipinski definition) is 3. The van der Waals surface area contributed by atoms with Crippen LogP contribution >= 0.6 is 27.5 Å². The number of hydrazine groups is 1. The van der Waals surface area contributed by atoms with Crippen molar-refractivity contribution in [2.45, 2.75) is 0 Å². The van der Waals surface area contributed by atoms with Gasteiger partial charge in [-0.25, -0.2) is 15.8 Å². The molecule has 0 fully saturated rings. The first-order chi connectivity index (χ1) is 9.52. The number of aromatic nitrogens is 2. The van der Waals surface area contributed by atoms with Gasteiger partial charge in [0.2, 0.25) is 11.6 Å². The fraction of sp³-hybridized carbons (Fsp3) is 0. The van der Waals surface area contributed by atoms with Crippen LogP contribution in [-0.4, -0.2) is 14.9 Å². The Bertz CT molecular complexity index is 668. The van der Waals surface area contributed by atoms with E-state index in [1.165, 1.54) is 0 Å². The predicted octanol–water partition coefficient (Wildman–Crippen LogP) is 2.83. The molecular weight excluding hydrogens is 352 g/mol. The molecule has 10 heteroatoms. The van der Waals surface area contributed by atoms with Crippen LogP contribution in [-0.2, 0) is 0 Å². The summed E-state index contributed by atoms with van der Waals surface area (Å²) in [6, 6.07) is 4.99. The quantitative estimate of drug-likeness (QED) is 0.436. The molecule has 0 bridgehead atoms. The Labute approximate surface area is 126 Å². The van der Waals surface area contributed by atoms with Crippen molar-refractivity contribution in [1.29, 1.82) is 0 Å². The van der Waals surface area contributed by atoms with Crippen LogP contribution in [0.4, 0.5) is 23.0 Å². The largest absolute Gasteiger partial charge is 0.354 e. The first-order valence-electron chi connectivity index (χ1n) is 5.21. The van der Waals surface area contributed by atoms with Gasteiger partial charge in [0.1, 0.15) is 6.33 Å². The molecule has 4 N–H and O–H groups in total. The standard InChI is InChI=1S/C10H8BrClN6O2/c11-6-2-1-5(12)3-7(6)16-9-8(18(19)20)10(17-13)15-4-14-9/h1-4H,13H2,(H2,14,15,16,17). The Balaban J connectivity index is 2.48. The van der Waals surface area contributed by atoms with E-state index in [1.54, 1.807) is 18.2 Å². The molecule has 2 rings (SSSR count). The maximum absolute atomic E-state index is 11.1. The fourth-order valence-electron chi connectivity index (χ4n) is 1.47.